The first-order valence-corrected chi connectivity index (χ1v) is 9.49. The molecule has 0 bridgehead atoms. The fourth-order valence-electron chi connectivity index (χ4n) is 2.94. The molecule has 0 radical (unpaired) electrons. The lowest BCUT2D eigenvalue weighted by Gasteiger charge is -2.12. The Morgan fingerprint density at radius 3 is 2.88 bits per heavy atom. The van der Waals surface area contributed by atoms with Gasteiger partial charge in [0.15, 0.2) is 5.17 Å². The van der Waals surface area contributed by atoms with Gasteiger partial charge in [-0.3, -0.25) is 9.59 Å². The van der Waals surface area contributed by atoms with Crippen LogP contribution in [0.5, 0.6) is 0 Å². The van der Waals surface area contributed by atoms with E-state index in [1.165, 1.54) is 12.8 Å². The van der Waals surface area contributed by atoms with Crippen LogP contribution < -0.4 is 5.32 Å². The van der Waals surface area contributed by atoms with E-state index in [1.54, 1.807) is 6.21 Å². The maximum absolute atomic E-state index is 11.7. The van der Waals surface area contributed by atoms with Gasteiger partial charge < -0.3 is 15.2 Å². The number of hydrogen-bond acceptors (Lipinski definition) is 6. The van der Waals surface area contributed by atoms with Crippen molar-refractivity contribution in [2.24, 2.45) is 10.2 Å². The van der Waals surface area contributed by atoms with Gasteiger partial charge in [0.2, 0.25) is 5.91 Å². The Kier molecular flexibility index (Phi) is 6.40. The summed E-state index contributed by atoms with van der Waals surface area (Å²) >= 11 is 1.08. The Hall–Kier alpha value is -2.19. The molecule has 3 rings (SSSR count). The molecule has 2 aliphatic rings. The molecule has 1 unspecified atom stereocenters. The summed E-state index contributed by atoms with van der Waals surface area (Å²) in [6, 6.07) is 7.81. The van der Waals surface area contributed by atoms with Crippen LogP contribution in [0.2, 0.25) is 0 Å². The maximum Gasteiger partial charge on any atom is 0.305 e. The standard InChI is InChI=1S/C18H21N3O4S/c22-16(23)9-15-17(24)20-18(26-15)21-19-10-12-5-1-2-6-13(12)11-25-14-7-3-4-8-14/h1-2,5-6,10,14-15H,3-4,7-9,11H2,(H,22,23)(H,20,21,24). The van der Waals surface area contributed by atoms with Crippen molar-refractivity contribution in [1.29, 1.82) is 0 Å². The number of benzene rings is 1. The van der Waals surface area contributed by atoms with Crippen LogP contribution in [-0.4, -0.2) is 39.7 Å². The van der Waals surface area contributed by atoms with Gasteiger partial charge in [-0.05, 0) is 18.4 Å². The first kappa shape index (κ1) is 18.6. The van der Waals surface area contributed by atoms with E-state index in [1.807, 2.05) is 24.3 Å². The van der Waals surface area contributed by atoms with Crippen molar-refractivity contribution >= 4 is 35.0 Å². The molecular formula is C18H21N3O4S. The zero-order valence-electron chi connectivity index (χ0n) is 14.3. The summed E-state index contributed by atoms with van der Waals surface area (Å²) in [4.78, 5) is 22.4. The van der Waals surface area contributed by atoms with Gasteiger partial charge in [0.05, 0.1) is 25.3 Å². The van der Waals surface area contributed by atoms with Crippen LogP contribution in [0.15, 0.2) is 34.5 Å². The molecule has 1 amide bonds. The number of carbonyl (C=O) groups is 2. The molecule has 138 valence electrons. The fourth-order valence-corrected chi connectivity index (χ4v) is 3.86. The largest absolute Gasteiger partial charge is 0.481 e. The van der Waals surface area contributed by atoms with Crippen LogP contribution >= 0.6 is 11.8 Å². The number of ether oxygens (including phenoxy) is 1. The highest BCUT2D eigenvalue weighted by Gasteiger charge is 2.32. The van der Waals surface area contributed by atoms with Crippen molar-refractivity contribution in [3.05, 3.63) is 35.4 Å². The molecule has 8 heteroatoms. The van der Waals surface area contributed by atoms with Crippen molar-refractivity contribution in [3.63, 3.8) is 0 Å². The smallest absolute Gasteiger partial charge is 0.305 e. The van der Waals surface area contributed by atoms with Crippen LogP contribution in [0.1, 0.15) is 43.2 Å². The van der Waals surface area contributed by atoms with E-state index in [2.05, 4.69) is 15.5 Å². The summed E-state index contributed by atoms with van der Waals surface area (Å²) in [6.07, 6.45) is 6.45. The minimum atomic E-state index is -1.02. The number of nitrogens with zero attached hydrogens (tertiary/aromatic N) is 2. The minimum Gasteiger partial charge on any atom is -0.481 e. The number of amidine groups is 1. The van der Waals surface area contributed by atoms with Gasteiger partial charge in [0.1, 0.15) is 5.25 Å². The number of aliphatic carboxylic acids is 1. The monoisotopic (exact) mass is 375 g/mol. The normalized spacial score (nSPS) is 22.4. The summed E-state index contributed by atoms with van der Waals surface area (Å²) in [5.74, 6) is -1.37. The van der Waals surface area contributed by atoms with Crippen LogP contribution in [0.3, 0.4) is 0 Å². The van der Waals surface area contributed by atoms with Crippen LogP contribution in [-0.2, 0) is 20.9 Å². The second-order valence-corrected chi connectivity index (χ2v) is 7.45. The van der Waals surface area contributed by atoms with Crippen molar-refractivity contribution in [3.8, 4) is 0 Å². The first-order chi connectivity index (χ1) is 12.6. The average molecular weight is 375 g/mol. The van der Waals surface area contributed by atoms with Crippen molar-refractivity contribution in [2.75, 3.05) is 0 Å². The molecule has 1 saturated carbocycles. The molecule has 1 aliphatic heterocycles. The Balaban J connectivity index is 1.60. The molecule has 1 heterocycles. The lowest BCUT2D eigenvalue weighted by atomic mass is 10.1. The summed E-state index contributed by atoms with van der Waals surface area (Å²) in [7, 11) is 0. The molecule has 1 atom stereocenters. The molecule has 26 heavy (non-hydrogen) atoms. The van der Waals surface area contributed by atoms with Gasteiger partial charge in [0, 0.05) is 5.56 Å². The van der Waals surface area contributed by atoms with Gasteiger partial charge in [-0.1, -0.05) is 48.9 Å². The van der Waals surface area contributed by atoms with Crippen molar-refractivity contribution in [2.45, 2.75) is 50.1 Å². The Morgan fingerprint density at radius 2 is 2.12 bits per heavy atom. The third-order valence-corrected chi connectivity index (χ3v) is 5.39. The topological polar surface area (TPSA) is 100 Å². The number of carboxylic acids is 1. The summed E-state index contributed by atoms with van der Waals surface area (Å²) < 4.78 is 5.96. The number of rotatable bonds is 7. The molecule has 1 aromatic carbocycles. The van der Waals surface area contributed by atoms with Crippen LogP contribution in [0.4, 0.5) is 0 Å². The lowest BCUT2D eigenvalue weighted by Crippen LogP contribution is -2.26. The van der Waals surface area contributed by atoms with Gasteiger partial charge in [-0.15, -0.1) is 5.10 Å². The highest BCUT2D eigenvalue weighted by atomic mass is 32.2. The molecule has 1 aliphatic carbocycles. The Bertz CT molecular complexity index is 729. The number of hydrogen-bond donors (Lipinski definition) is 2. The molecule has 2 fully saturated rings. The predicted octanol–water partition coefficient (Wildman–Crippen LogP) is 2.54. The van der Waals surface area contributed by atoms with E-state index in [0.29, 0.717) is 17.9 Å². The Morgan fingerprint density at radius 1 is 1.35 bits per heavy atom. The number of carboxylic acid groups (broad SMARTS) is 1. The quantitative estimate of drug-likeness (QED) is 0.563. The average Bonchev–Trinajstić information content (AvgIpc) is 3.24. The molecule has 1 saturated heterocycles. The number of nitrogens with one attached hydrogen (secondary N) is 1. The summed E-state index contributed by atoms with van der Waals surface area (Å²) in [6.45, 7) is 0.537. The van der Waals surface area contributed by atoms with Gasteiger partial charge >= 0.3 is 5.97 Å². The maximum atomic E-state index is 11.7. The third-order valence-electron chi connectivity index (χ3n) is 4.31. The zero-order valence-corrected chi connectivity index (χ0v) is 15.1. The van der Waals surface area contributed by atoms with Gasteiger partial charge in [-0.25, -0.2) is 0 Å². The van der Waals surface area contributed by atoms with Crippen molar-refractivity contribution in [1.82, 2.24) is 5.32 Å². The molecule has 0 spiro atoms. The van der Waals surface area contributed by atoms with Crippen LogP contribution in [0.25, 0.3) is 0 Å². The summed E-state index contributed by atoms with van der Waals surface area (Å²) in [5.41, 5.74) is 1.95. The number of amides is 1. The molecular weight excluding hydrogens is 354 g/mol. The second-order valence-electron chi connectivity index (χ2n) is 6.26. The van der Waals surface area contributed by atoms with E-state index in [4.69, 9.17) is 9.84 Å². The molecule has 2 N–H and O–H groups in total. The molecule has 0 aromatic heterocycles. The van der Waals surface area contributed by atoms with Crippen molar-refractivity contribution < 1.29 is 19.4 Å². The SMILES string of the molecule is O=C(O)CC1SC(=NN=Cc2ccccc2COC2CCCC2)NC1=O. The highest BCUT2D eigenvalue weighted by Crippen LogP contribution is 2.23. The number of carbonyl (C=O) groups excluding carboxylic acids is 1. The molecule has 7 nitrogen and oxygen atoms in total. The summed E-state index contributed by atoms with van der Waals surface area (Å²) in [5, 5.41) is 19.0. The minimum absolute atomic E-state index is 0.236. The second kappa shape index (κ2) is 8.95. The Labute approximate surface area is 155 Å². The highest BCUT2D eigenvalue weighted by molar-refractivity contribution is 8.15. The first-order valence-electron chi connectivity index (χ1n) is 8.61. The van der Waals surface area contributed by atoms with E-state index in [9.17, 15) is 9.59 Å². The van der Waals surface area contributed by atoms with Gasteiger partial charge in [-0.2, -0.15) is 5.10 Å². The van der Waals surface area contributed by atoms with E-state index >= 15 is 0 Å². The van der Waals surface area contributed by atoms with Gasteiger partial charge in [0.25, 0.3) is 0 Å². The fraction of sp³-hybridized carbons (Fsp3) is 0.444. The zero-order chi connectivity index (χ0) is 18.4. The third kappa shape index (κ3) is 5.15. The van der Waals surface area contributed by atoms with Crippen LogP contribution in [0, 0.1) is 0 Å². The molecule has 1 aromatic rings. The van der Waals surface area contributed by atoms with E-state index in [0.717, 1.165) is 35.7 Å². The number of thioether (sulfide) groups is 1. The van der Waals surface area contributed by atoms with E-state index < -0.39 is 11.2 Å². The predicted molar refractivity (Wildman–Crippen MR) is 100 cm³/mol. The lowest BCUT2D eigenvalue weighted by molar-refractivity contribution is -0.138. The van der Waals surface area contributed by atoms with E-state index in [-0.39, 0.29) is 12.3 Å².